The number of hydrogen-bond acceptors (Lipinski definition) is 3. The Hall–Kier alpha value is -1.39. The van der Waals surface area contributed by atoms with Gasteiger partial charge in [-0.3, -0.25) is 19.3 Å². The molecular formula is C19H30N2O3. The van der Waals surface area contributed by atoms with Gasteiger partial charge in [-0.15, -0.1) is 0 Å². The summed E-state index contributed by atoms with van der Waals surface area (Å²) >= 11 is 0. The number of imide groups is 1. The predicted molar refractivity (Wildman–Crippen MR) is 90.9 cm³/mol. The first kappa shape index (κ1) is 17.4. The van der Waals surface area contributed by atoms with Gasteiger partial charge in [0.2, 0.25) is 17.7 Å². The summed E-state index contributed by atoms with van der Waals surface area (Å²) in [6, 6.07) is 0. The Morgan fingerprint density at radius 2 is 1.62 bits per heavy atom. The number of likely N-dealkylation sites (tertiary alicyclic amines) is 2. The number of nitrogens with zero attached hydrogens (tertiary/aromatic N) is 2. The molecule has 134 valence electrons. The van der Waals surface area contributed by atoms with Crippen LogP contribution in [0.3, 0.4) is 0 Å². The van der Waals surface area contributed by atoms with Crippen LogP contribution in [0.1, 0.15) is 58.8 Å². The Morgan fingerprint density at radius 1 is 1.00 bits per heavy atom. The summed E-state index contributed by atoms with van der Waals surface area (Å²) in [6.07, 6.45) is 6.32. The van der Waals surface area contributed by atoms with Crippen molar-refractivity contribution in [3.05, 3.63) is 0 Å². The van der Waals surface area contributed by atoms with Crippen molar-refractivity contribution in [3.63, 3.8) is 0 Å². The fourth-order valence-corrected chi connectivity index (χ4v) is 4.38. The highest BCUT2D eigenvalue weighted by molar-refractivity contribution is 6.03. The molecule has 2 saturated heterocycles. The number of piperidine rings is 1. The molecule has 24 heavy (non-hydrogen) atoms. The van der Waals surface area contributed by atoms with Crippen LogP contribution in [0.2, 0.25) is 0 Å². The van der Waals surface area contributed by atoms with Crippen LogP contribution < -0.4 is 0 Å². The van der Waals surface area contributed by atoms with Gasteiger partial charge in [-0.2, -0.15) is 0 Å². The Kier molecular flexibility index (Phi) is 5.26. The standard InChI is InChI=1S/C19H30N2O3/c1-13-7-9-20(10-8-13)19(24)16-5-3-15(4-6-16)12-21-17(22)11-14(2)18(21)23/h13-16H,3-12H2,1-2H3. The van der Waals surface area contributed by atoms with Crippen molar-refractivity contribution < 1.29 is 14.4 Å². The number of carbonyl (C=O) groups excluding carboxylic acids is 3. The third kappa shape index (κ3) is 3.65. The minimum Gasteiger partial charge on any atom is -0.342 e. The van der Waals surface area contributed by atoms with Crippen LogP contribution in [-0.2, 0) is 14.4 Å². The van der Waals surface area contributed by atoms with Gasteiger partial charge in [-0.05, 0) is 50.4 Å². The summed E-state index contributed by atoms with van der Waals surface area (Å²) in [5, 5.41) is 0. The summed E-state index contributed by atoms with van der Waals surface area (Å²) in [7, 11) is 0. The van der Waals surface area contributed by atoms with Crippen LogP contribution >= 0.6 is 0 Å². The highest BCUT2D eigenvalue weighted by atomic mass is 16.2. The Bertz CT molecular complexity index is 503. The molecular weight excluding hydrogens is 304 g/mol. The van der Waals surface area contributed by atoms with E-state index in [-0.39, 0.29) is 23.7 Å². The van der Waals surface area contributed by atoms with E-state index < -0.39 is 0 Å². The summed E-state index contributed by atoms with van der Waals surface area (Å²) in [4.78, 5) is 40.1. The van der Waals surface area contributed by atoms with Gasteiger partial charge >= 0.3 is 0 Å². The van der Waals surface area contributed by atoms with Crippen LogP contribution in [0.4, 0.5) is 0 Å². The topological polar surface area (TPSA) is 57.7 Å². The average molecular weight is 334 g/mol. The van der Waals surface area contributed by atoms with E-state index in [1.807, 2.05) is 6.92 Å². The molecule has 3 fully saturated rings. The summed E-state index contributed by atoms with van der Waals surface area (Å²) in [5.74, 6) is 1.41. The van der Waals surface area contributed by atoms with E-state index in [0.29, 0.717) is 24.8 Å². The lowest BCUT2D eigenvalue weighted by molar-refractivity contribution is -0.142. The molecule has 1 aliphatic carbocycles. The highest BCUT2D eigenvalue weighted by Crippen LogP contribution is 2.33. The fourth-order valence-electron chi connectivity index (χ4n) is 4.38. The molecule has 0 radical (unpaired) electrons. The average Bonchev–Trinajstić information content (AvgIpc) is 2.82. The van der Waals surface area contributed by atoms with E-state index in [1.165, 1.54) is 4.90 Å². The molecule has 0 aromatic carbocycles. The second-order valence-corrected chi connectivity index (χ2v) is 8.17. The highest BCUT2D eigenvalue weighted by Gasteiger charge is 2.38. The zero-order valence-electron chi connectivity index (χ0n) is 15.0. The van der Waals surface area contributed by atoms with E-state index >= 15 is 0 Å². The maximum Gasteiger partial charge on any atom is 0.232 e. The zero-order valence-corrected chi connectivity index (χ0v) is 15.0. The van der Waals surface area contributed by atoms with Crippen LogP contribution in [0.15, 0.2) is 0 Å². The minimum atomic E-state index is -0.156. The van der Waals surface area contributed by atoms with Gasteiger partial charge in [0.1, 0.15) is 0 Å². The molecule has 3 aliphatic rings. The fraction of sp³-hybridized carbons (Fsp3) is 0.842. The van der Waals surface area contributed by atoms with Crippen molar-refractivity contribution in [2.45, 2.75) is 58.8 Å². The molecule has 3 rings (SSSR count). The number of hydrogen-bond donors (Lipinski definition) is 0. The van der Waals surface area contributed by atoms with Gasteiger partial charge < -0.3 is 4.90 Å². The molecule has 2 aliphatic heterocycles. The molecule has 0 N–H and O–H groups in total. The molecule has 2 heterocycles. The largest absolute Gasteiger partial charge is 0.342 e. The van der Waals surface area contributed by atoms with Gasteiger partial charge in [0.15, 0.2) is 0 Å². The Balaban J connectivity index is 1.46. The maximum absolute atomic E-state index is 12.7. The lowest BCUT2D eigenvalue weighted by atomic mass is 9.80. The second kappa shape index (κ2) is 7.24. The first-order chi connectivity index (χ1) is 11.5. The van der Waals surface area contributed by atoms with Crippen LogP contribution in [-0.4, -0.2) is 47.2 Å². The van der Waals surface area contributed by atoms with Crippen molar-refractivity contribution in [1.82, 2.24) is 9.80 Å². The summed E-state index contributed by atoms with van der Waals surface area (Å²) in [6.45, 7) is 6.47. The predicted octanol–water partition coefficient (Wildman–Crippen LogP) is 2.45. The van der Waals surface area contributed by atoms with Crippen LogP contribution in [0, 0.1) is 23.7 Å². The number of amides is 3. The van der Waals surface area contributed by atoms with E-state index in [2.05, 4.69) is 11.8 Å². The molecule has 1 atom stereocenters. The molecule has 5 nitrogen and oxygen atoms in total. The van der Waals surface area contributed by atoms with Gasteiger partial charge in [0, 0.05) is 37.9 Å². The smallest absolute Gasteiger partial charge is 0.232 e. The lowest BCUT2D eigenvalue weighted by Crippen LogP contribution is -2.43. The lowest BCUT2D eigenvalue weighted by Gasteiger charge is -2.36. The zero-order chi connectivity index (χ0) is 17.3. The Morgan fingerprint density at radius 3 is 2.17 bits per heavy atom. The van der Waals surface area contributed by atoms with Gasteiger partial charge in [0.05, 0.1) is 0 Å². The second-order valence-electron chi connectivity index (χ2n) is 8.17. The van der Waals surface area contributed by atoms with Gasteiger partial charge in [-0.1, -0.05) is 13.8 Å². The SMILES string of the molecule is CC1CCN(C(=O)C2CCC(CN3C(=O)CC(C)C3=O)CC2)CC1. The van der Waals surface area contributed by atoms with Crippen molar-refractivity contribution in [1.29, 1.82) is 0 Å². The molecule has 0 bridgehead atoms. The van der Waals surface area contributed by atoms with Gasteiger partial charge in [-0.25, -0.2) is 0 Å². The van der Waals surface area contributed by atoms with E-state index in [1.54, 1.807) is 0 Å². The normalized spacial score (nSPS) is 32.5. The molecule has 3 amide bonds. The van der Waals surface area contributed by atoms with Crippen molar-refractivity contribution >= 4 is 17.7 Å². The molecule has 1 unspecified atom stereocenters. The molecule has 5 heteroatoms. The van der Waals surface area contributed by atoms with E-state index in [4.69, 9.17) is 0 Å². The van der Waals surface area contributed by atoms with Crippen molar-refractivity contribution in [2.75, 3.05) is 19.6 Å². The maximum atomic E-state index is 12.7. The third-order valence-corrected chi connectivity index (χ3v) is 6.20. The van der Waals surface area contributed by atoms with Crippen LogP contribution in [0.25, 0.3) is 0 Å². The Labute approximate surface area is 144 Å². The molecule has 0 spiro atoms. The minimum absolute atomic E-state index is 0.0133. The first-order valence-corrected chi connectivity index (χ1v) is 9.58. The van der Waals surface area contributed by atoms with Crippen LogP contribution in [0.5, 0.6) is 0 Å². The number of carbonyl (C=O) groups is 3. The summed E-state index contributed by atoms with van der Waals surface area (Å²) in [5.41, 5.74) is 0. The van der Waals surface area contributed by atoms with Gasteiger partial charge in [0.25, 0.3) is 0 Å². The van der Waals surface area contributed by atoms with Crippen molar-refractivity contribution in [2.24, 2.45) is 23.7 Å². The molecule has 0 aromatic rings. The van der Waals surface area contributed by atoms with Crippen molar-refractivity contribution in [3.8, 4) is 0 Å². The van der Waals surface area contributed by atoms with E-state index in [9.17, 15) is 14.4 Å². The molecule has 0 aromatic heterocycles. The summed E-state index contributed by atoms with van der Waals surface area (Å²) < 4.78 is 0. The first-order valence-electron chi connectivity index (χ1n) is 9.58. The number of rotatable bonds is 3. The van der Waals surface area contributed by atoms with E-state index in [0.717, 1.165) is 57.5 Å². The molecule has 1 saturated carbocycles. The monoisotopic (exact) mass is 334 g/mol. The quantitative estimate of drug-likeness (QED) is 0.745. The third-order valence-electron chi connectivity index (χ3n) is 6.20.